The molecule has 4 rings (SSSR count). The average Bonchev–Trinajstić information content (AvgIpc) is 3.11. The zero-order chi connectivity index (χ0) is 16.7. The fourth-order valence-electron chi connectivity index (χ4n) is 3.42. The summed E-state index contributed by atoms with van der Waals surface area (Å²) in [5.41, 5.74) is 2.30. The number of halogens is 3. The van der Waals surface area contributed by atoms with Crippen LogP contribution in [-0.2, 0) is 6.54 Å². The molecule has 0 bridgehead atoms. The summed E-state index contributed by atoms with van der Waals surface area (Å²) in [6.07, 6.45) is 2.00. The lowest BCUT2D eigenvalue weighted by Crippen LogP contribution is -2.23. The number of H-pyrrole nitrogens is 1. The zero-order valence-electron chi connectivity index (χ0n) is 12.9. The van der Waals surface area contributed by atoms with Crippen LogP contribution in [0.5, 0.6) is 0 Å². The summed E-state index contributed by atoms with van der Waals surface area (Å²) >= 11 is 5.94. The van der Waals surface area contributed by atoms with Gasteiger partial charge in [0, 0.05) is 11.6 Å². The lowest BCUT2D eigenvalue weighted by Gasteiger charge is -2.23. The number of benzene rings is 2. The highest BCUT2D eigenvalue weighted by Crippen LogP contribution is 2.33. The standard InChI is InChI=1S/C18H16ClF2N3/c19-12-6-11(7-14(21)8-12)10-24-5-1-2-17(24)18-22-15-4-3-13(20)9-16(15)23-18/h3-4,6-9,17H,1-2,5,10H2,(H,22,23)/t17-/m0/s1. The van der Waals surface area contributed by atoms with E-state index in [0.717, 1.165) is 36.3 Å². The number of nitrogens with zero attached hydrogens (tertiary/aromatic N) is 2. The van der Waals surface area contributed by atoms with E-state index >= 15 is 0 Å². The first-order valence-corrected chi connectivity index (χ1v) is 8.30. The van der Waals surface area contributed by atoms with E-state index in [2.05, 4.69) is 14.9 Å². The molecule has 3 nitrogen and oxygen atoms in total. The smallest absolute Gasteiger partial charge is 0.125 e. The zero-order valence-corrected chi connectivity index (χ0v) is 13.7. The number of hydrogen-bond acceptors (Lipinski definition) is 2. The molecule has 0 amide bonds. The van der Waals surface area contributed by atoms with Crippen LogP contribution in [0.15, 0.2) is 36.4 Å². The number of hydrogen-bond donors (Lipinski definition) is 1. The van der Waals surface area contributed by atoms with Crippen LogP contribution in [-0.4, -0.2) is 21.4 Å². The van der Waals surface area contributed by atoms with E-state index in [4.69, 9.17) is 11.6 Å². The molecule has 0 aliphatic carbocycles. The van der Waals surface area contributed by atoms with Crippen molar-refractivity contribution in [1.82, 2.24) is 14.9 Å². The van der Waals surface area contributed by atoms with E-state index in [1.165, 1.54) is 24.3 Å². The van der Waals surface area contributed by atoms with Gasteiger partial charge in [0.2, 0.25) is 0 Å². The topological polar surface area (TPSA) is 31.9 Å². The van der Waals surface area contributed by atoms with Crippen LogP contribution < -0.4 is 0 Å². The van der Waals surface area contributed by atoms with Crippen molar-refractivity contribution in [2.75, 3.05) is 6.54 Å². The van der Waals surface area contributed by atoms with E-state index in [1.807, 2.05) is 0 Å². The summed E-state index contributed by atoms with van der Waals surface area (Å²) in [6.45, 7) is 1.51. The molecule has 124 valence electrons. The summed E-state index contributed by atoms with van der Waals surface area (Å²) in [4.78, 5) is 10.1. The lowest BCUT2D eigenvalue weighted by molar-refractivity contribution is 0.241. The first-order chi connectivity index (χ1) is 11.6. The van der Waals surface area contributed by atoms with Crippen LogP contribution >= 0.6 is 11.6 Å². The highest BCUT2D eigenvalue weighted by molar-refractivity contribution is 6.30. The Balaban J connectivity index is 1.61. The molecule has 1 aliphatic heterocycles. The van der Waals surface area contributed by atoms with Crippen LogP contribution in [0.4, 0.5) is 8.78 Å². The molecule has 1 aliphatic rings. The number of imidazole rings is 1. The van der Waals surface area contributed by atoms with E-state index in [1.54, 1.807) is 12.1 Å². The van der Waals surface area contributed by atoms with Crippen LogP contribution in [0.1, 0.15) is 30.3 Å². The fraction of sp³-hybridized carbons (Fsp3) is 0.278. The Morgan fingerprint density at radius 1 is 1.17 bits per heavy atom. The Hall–Kier alpha value is -1.98. The Bertz CT molecular complexity index is 873. The van der Waals surface area contributed by atoms with Crippen molar-refractivity contribution >= 4 is 22.6 Å². The van der Waals surface area contributed by atoms with Gasteiger partial charge in [0.25, 0.3) is 0 Å². The van der Waals surface area contributed by atoms with Crippen molar-refractivity contribution in [3.63, 3.8) is 0 Å². The summed E-state index contributed by atoms with van der Waals surface area (Å²) in [6, 6.07) is 9.26. The minimum atomic E-state index is -0.326. The van der Waals surface area contributed by atoms with Gasteiger partial charge in [-0.05, 0) is 61.3 Å². The largest absolute Gasteiger partial charge is 0.341 e. The second kappa shape index (κ2) is 6.15. The number of aromatic amines is 1. The molecule has 0 radical (unpaired) electrons. The first kappa shape index (κ1) is 15.5. The molecule has 0 spiro atoms. The van der Waals surface area contributed by atoms with Gasteiger partial charge in [0.1, 0.15) is 17.5 Å². The summed E-state index contributed by atoms with van der Waals surface area (Å²) < 4.78 is 26.9. The minimum absolute atomic E-state index is 0.113. The normalized spacial score (nSPS) is 18.5. The van der Waals surface area contributed by atoms with Gasteiger partial charge in [-0.25, -0.2) is 13.8 Å². The van der Waals surface area contributed by atoms with E-state index in [9.17, 15) is 8.78 Å². The van der Waals surface area contributed by atoms with Crippen LogP contribution in [0.3, 0.4) is 0 Å². The molecule has 1 atom stereocenters. The second-order valence-corrected chi connectivity index (χ2v) is 6.63. The van der Waals surface area contributed by atoms with E-state index < -0.39 is 0 Å². The van der Waals surface area contributed by atoms with Crippen molar-refractivity contribution in [1.29, 1.82) is 0 Å². The Morgan fingerprint density at radius 2 is 2.04 bits per heavy atom. The molecule has 1 fully saturated rings. The molecule has 2 aromatic carbocycles. The van der Waals surface area contributed by atoms with Crippen molar-refractivity contribution in [3.05, 3.63) is 64.4 Å². The quantitative estimate of drug-likeness (QED) is 0.735. The van der Waals surface area contributed by atoms with Crippen molar-refractivity contribution in [2.45, 2.75) is 25.4 Å². The van der Waals surface area contributed by atoms with Gasteiger partial charge in [-0.1, -0.05) is 11.6 Å². The third-order valence-electron chi connectivity index (χ3n) is 4.45. The van der Waals surface area contributed by atoms with Crippen molar-refractivity contribution in [2.24, 2.45) is 0 Å². The third-order valence-corrected chi connectivity index (χ3v) is 4.67. The van der Waals surface area contributed by atoms with Gasteiger partial charge in [-0.3, -0.25) is 4.90 Å². The number of likely N-dealkylation sites (tertiary alicyclic amines) is 1. The molecular weight excluding hydrogens is 332 g/mol. The maximum Gasteiger partial charge on any atom is 0.125 e. The number of nitrogens with one attached hydrogen (secondary N) is 1. The summed E-state index contributed by atoms with van der Waals surface area (Å²) in [5.74, 6) is 0.221. The summed E-state index contributed by atoms with van der Waals surface area (Å²) in [7, 11) is 0. The average molecular weight is 348 g/mol. The SMILES string of the molecule is Fc1cc(Cl)cc(CN2CCC[C@H]2c2nc3ccc(F)cc3[nH]2)c1. The Kier molecular flexibility index (Phi) is 3.98. The maximum atomic E-state index is 13.5. The number of aromatic nitrogens is 2. The Labute approximate surface area is 143 Å². The predicted octanol–water partition coefficient (Wildman–Crippen LogP) is 4.83. The molecule has 3 aromatic rings. The van der Waals surface area contributed by atoms with Gasteiger partial charge in [-0.2, -0.15) is 0 Å². The van der Waals surface area contributed by atoms with Crippen molar-refractivity contribution in [3.8, 4) is 0 Å². The van der Waals surface area contributed by atoms with Crippen LogP contribution in [0.2, 0.25) is 5.02 Å². The molecular formula is C18H16ClF2N3. The monoisotopic (exact) mass is 347 g/mol. The number of fused-ring (bicyclic) bond motifs is 1. The molecule has 24 heavy (non-hydrogen) atoms. The predicted molar refractivity (Wildman–Crippen MR) is 89.8 cm³/mol. The van der Waals surface area contributed by atoms with Gasteiger partial charge < -0.3 is 4.98 Å². The van der Waals surface area contributed by atoms with Gasteiger partial charge >= 0.3 is 0 Å². The molecule has 0 saturated carbocycles. The van der Waals surface area contributed by atoms with Gasteiger partial charge in [0.15, 0.2) is 0 Å². The van der Waals surface area contributed by atoms with E-state index in [0.29, 0.717) is 17.1 Å². The van der Waals surface area contributed by atoms with Gasteiger partial charge in [0.05, 0.1) is 17.1 Å². The highest BCUT2D eigenvalue weighted by Gasteiger charge is 2.28. The second-order valence-electron chi connectivity index (χ2n) is 6.19. The minimum Gasteiger partial charge on any atom is -0.341 e. The first-order valence-electron chi connectivity index (χ1n) is 7.93. The van der Waals surface area contributed by atoms with E-state index in [-0.39, 0.29) is 17.7 Å². The highest BCUT2D eigenvalue weighted by atomic mass is 35.5. The van der Waals surface area contributed by atoms with Gasteiger partial charge in [-0.15, -0.1) is 0 Å². The molecule has 1 N–H and O–H groups in total. The van der Waals surface area contributed by atoms with Crippen LogP contribution in [0, 0.1) is 11.6 Å². The van der Waals surface area contributed by atoms with Crippen LogP contribution in [0.25, 0.3) is 11.0 Å². The lowest BCUT2D eigenvalue weighted by atomic mass is 10.1. The molecule has 1 saturated heterocycles. The maximum absolute atomic E-state index is 13.5. The van der Waals surface area contributed by atoms with Crippen molar-refractivity contribution < 1.29 is 8.78 Å². The molecule has 6 heteroatoms. The molecule has 1 aromatic heterocycles. The number of rotatable bonds is 3. The molecule has 0 unspecified atom stereocenters. The fourth-order valence-corrected chi connectivity index (χ4v) is 3.67. The third kappa shape index (κ3) is 3.01. The molecule has 2 heterocycles. The summed E-state index contributed by atoms with van der Waals surface area (Å²) in [5, 5.41) is 0.403. The Morgan fingerprint density at radius 3 is 2.88 bits per heavy atom.